The van der Waals surface area contributed by atoms with Gasteiger partial charge in [-0.15, -0.1) is 0 Å². The average molecular weight is 247 g/mol. The summed E-state index contributed by atoms with van der Waals surface area (Å²) in [5, 5.41) is 3.27. The molecule has 0 heterocycles. The highest BCUT2D eigenvalue weighted by Gasteiger charge is 2.14. The Morgan fingerprint density at radius 3 is 2.61 bits per heavy atom. The van der Waals surface area contributed by atoms with Crippen LogP contribution >= 0.6 is 0 Å². The van der Waals surface area contributed by atoms with E-state index < -0.39 is 0 Å². The van der Waals surface area contributed by atoms with Gasteiger partial charge in [0, 0.05) is 6.04 Å². The highest BCUT2D eigenvalue weighted by atomic mass is 16.5. The molecule has 4 nitrogen and oxygen atoms in total. The summed E-state index contributed by atoms with van der Waals surface area (Å²) in [6, 6.07) is 8.40. The Morgan fingerprint density at radius 1 is 1.33 bits per heavy atom. The van der Waals surface area contributed by atoms with E-state index in [0.717, 1.165) is 11.3 Å². The van der Waals surface area contributed by atoms with Gasteiger partial charge in [-0.1, -0.05) is 25.0 Å². The van der Waals surface area contributed by atoms with Crippen LogP contribution in [0.2, 0.25) is 0 Å². The maximum atomic E-state index is 5.87. The van der Waals surface area contributed by atoms with Crippen molar-refractivity contribution >= 4 is 5.96 Å². The maximum absolute atomic E-state index is 5.87. The fourth-order valence-electron chi connectivity index (χ4n) is 2.23. The van der Waals surface area contributed by atoms with Crippen LogP contribution in [0.3, 0.4) is 0 Å². The highest BCUT2D eigenvalue weighted by Crippen LogP contribution is 2.17. The smallest absolute Gasteiger partial charge is 0.189 e. The summed E-state index contributed by atoms with van der Waals surface area (Å²) < 4.78 is 5.11. The van der Waals surface area contributed by atoms with Crippen LogP contribution in [0.15, 0.2) is 29.3 Å². The van der Waals surface area contributed by atoms with Crippen molar-refractivity contribution in [1.82, 2.24) is 5.32 Å². The number of methoxy groups -OCH3 is 1. The van der Waals surface area contributed by atoms with Crippen molar-refractivity contribution in [2.45, 2.75) is 38.3 Å². The summed E-state index contributed by atoms with van der Waals surface area (Å²) in [4.78, 5) is 4.36. The molecule has 0 aromatic heterocycles. The minimum atomic E-state index is 0.518. The van der Waals surface area contributed by atoms with Gasteiger partial charge in [-0.3, -0.25) is 0 Å². The lowest BCUT2D eigenvalue weighted by Crippen LogP contribution is -2.38. The van der Waals surface area contributed by atoms with E-state index in [1.54, 1.807) is 7.11 Å². The lowest BCUT2D eigenvalue weighted by Gasteiger charge is -2.12. The van der Waals surface area contributed by atoms with E-state index in [2.05, 4.69) is 10.3 Å². The molecule has 1 aliphatic carbocycles. The number of nitrogens with two attached hydrogens (primary N) is 1. The number of aliphatic imine (C=N–C) groups is 1. The van der Waals surface area contributed by atoms with Gasteiger partial charge in [0.25, 0.3) is 0 Å². The number of nitrogens with zero attached hydrogens (tertiary/aromatic N) is 1. The third kappa shape index (κ3) is 3.65. The molecule has 1 aliphatic rings. The minimum Gasteiger partial charge on any atom is -0.497 e. The Hall–Kier alpha value is -1.71. The van der Waals surface area contributed by atoms with Gasteiger partial charge in [-0.2, -0.15) is 0 Å². The van der Waals surface area contributed by atoms with Gasteiger partial charge in [0.1, 0.15) is 5.75 Å². The zero-order valence-corrected chi connectivity index (χ0v) is 10.9. The fraction of sp³-hybridized carbons (Fsp3) is 0.500. The Morgan fingerprint density at radius 2 is 2.00 bits per heavy atom. The van der Waals surface area contributed by atoms with Crippen LogP contribution in [0.4, 0.5) is 0 Å². The third-order valence-corrected chi connectivity index (χ3v) is 3.30. The van der Waals surface area contributed by atoms with E-state index in [4.69, 9.17) is 10.5 Å². The lowest BCUT2D eigenvalue weighted by atomic mass is 10.2. The second-order valence-corrected chi connectivity index (χ2v) is 4.68. The predicted molar refractivity (Wildman–Crippen MR) is 73.7 cm³/mol. The summed E-state index contributed by atoms with van der Waals surface area (Å²) in [5.74, 6) is 1.41. The van der Waals surface area contributed by atoms with Crippen LogP contribution in [-0.2, 0) is 6.54 Å². The van der Waals surface area contributed by atoms with E-state index in [1.807, 2.05) is 24.3 Å². The molecule has 0 radical (unpaired) electrons. The summed E-state index contributed by atoms with van der Waals surface area (Å²) in [5.41, 5.74) is 7.00. The summed E-state index contributed by atoms with van der Waals surface area (Å²) >= 11 is 0. The summed E-state index contributed by atoms with van der Waals surface area (Å²) in [6.07, 6.45) is 5.00. The molecule has 1 aromatic rings. The first-order valence-corrected chi connectivity index (χ1v) is 6.47. The SMILES string of the molecule is COc1ccc(CN=C(N)NC2CCCC2)cc1. The molecule has 0 unspecified atom stereocenters. The van der Waals surface area contributed by atoms with Gasteiger partial charge in [-0.25, -0.2) is 4.99 Å². The quantitative estimate of drug-likeness (QED) is 0.632. The van der Waals surface area contributed by atoms with Crippen LogP contribution in [0, 0.1) is 0 Å². The van der Waals surface area contributed by atoms with Crippen LogP contribution in [-0.4, -0.2) is 19.1 Å². The number of benzene rings is 1. The number of rotatable bonds is 4. The largest absolute Gasteiger partial charge is 0.497 e. The molecule has 1 fully saturated rings. The van der Waals surface area contributed by atoms with E-state index in [-0.39, 0.29) is 0 Å². The van der Waals surface area contributed by atoms with E-state index >= 15 is 0 Å². The topological polar surface area (TPSA) is 59.6 Å². The molecule has 3 N–H and O–H groups in total. The molecule has 0 saturated heterocycles. The van der Waals surface area contributed by atoms with Crippen molar-refractivity contribution in [3.8, 4) is 5.75 Å². The zero-order chi connectivity index (χ0) is 12.8. The molecule has 1 aromatic carbocycles. The van der Waals surface area contributed by atoms with Crippen LogP contribution in [0.5, 0.6) is 5.75 Å². The maximum Gasteiger partial charge on any atom is 0.189 e. The standard InChI is InChI=1S/C14H21N3O/c1-18-13-8-6-11(7-9-13)10-16-14(15)17-12-4-2-3-5-12/h6-9,12H,2-5,10H2,1H3,(H3,15,16,17). The first kappa shape index (κ1) is 12.7. The van der Waals surface area contributed by atoms with Crippen molar-refractivity contribution in [2.24, 2.45) is 10.7 Å². The Bertz CT molecular complexity index is 394. The van der Waals surface area contributed by atoms with Crippen LogP contribution < -0.4 is 15.8 Å². The summed E-state index contributed by atoms with van der Waals surface area (Å²) in [6.45, 7) is 0.607. The molecular formula is C14H21N3O. The molecule has 0 bridgehead atoms. The van der Waals surface area contributed by atoms with Crippen LogP contribution in [0.1, 0.15) is 31.2 Å². The molecule has 18 heavy (non-hydrogen) atoms. The molecule has 1 saturated carbocycles. The molecule has 0 atom stereocenters. The predicted octanol–water partition coefficient (Wildman–Crippen LogP) is 2.04. The van der Waals surface area contributed by atoms with Crippen molar-refractivity contribution < 1.29 is 4.74 Å². The second-order valence-electron chi connectivity index (χ2n) is 4.68. The average Bonchev–Trinajstić information content (AvgIpc) is 2.90. The van der Waals surface area contributed by atoms with E-state index in [1.165, 1.54) is 25.7 Å². The molecular weight excluding hydrogens is 226 g/mol. The highest BCUT2D eigenvalue weighted by molar-refractivity contribution is 5.78. The number of guanidine groups is 1. The number of nitrogens with one attached hydrogen (secondary N) is 1. The summed E-state index contributed by atoms with van der Waals surface area (Å²) in [7, 11) is 1.66. The second kappa shape index (κ2) is 6.28. The van der Waals surface area contributed by atoms with Gasteiger partial charge in [0.05, 0.1) is 13.7 Å². The third-order valence-electron chi connectivity index (χ3n) is 3.30. The molecule has 2 rings (SSSR count). The fourth-order valence-corrected chi connectivity index (χ4v) is 2.23. The van der Waals surface area contributed by atoms with Crippen molar-refractivity contribution in [1.29, 1.82) is 0 Å². The Kier molecular flexibility index (Phi) is 4.45. The van der Waals surface area contributed by atoms with Crippen molar-refractivity contribution in [2.75, 3.05) is 7.11 Å². The number of hydrogen-bond donors (Lipinski definition) is 2. The van der Waals surface area contributed by atoms with Crippen LogP contribution in [0.25, 0.3) is 0 Å². The lowest BCUT2D eigenvalue weighted by molar-refractivity contribution is 0.414. The molecule has 98 valence electrons. The Labute approximate surface area is 108 Å². The van der Waals surface area contributed by atoms with Crippen molar-refractivity contribution in [3.05, 3.63) is 29.8 Å². The van der Waals surface area contributed by atoms with Gasteiger partial charge in [-0.05, 0) is 30.5 Å². The normalized spacial score (nSPS) is 16.8. The molecule has 0 spiro atoms. The van der Waals surface area contributed by atoms with Gasteiger partial charge in [0.15, 0.2) is 5.96 Å². The molecule has 4 heteroatoms. The van der Waals surface area contributed by atoms with Gasteiger partial charge in [0.2, 0.25) is 0 Å². The first-order chi connectivity index (χ1) is 8.78. The van der Waals surface area contributed by atoms with Gasteiger partial charge < -0.3 is 15.8 Å². The zero-order valence-electron chi connectivity index (χ0n) is 10.9. The minimum absolute atomic E-state index is 0.518. The van der Waals surface area contributed by atoms with E-state index in [0.29, 0.717) is 18.5 Å². The Balaban J connectivity index is 1.84. The molecule has 0 amide bonds. The number of hydrogen-bond acceptors (Lipinski definition) is 2. The van der Waals surface area contributed by atoms with E-state index in [9.17, 15) is 0 Å². The monoisotopic (exact) mass is 247 g/mol. The molecule has 0 aliphatic heterocycles. The van der Waals surface area contributed by atoms with Crippen molar-refractivity contribution in [3.63, 3.8) is 0 Å². The first-order valence-electron chi connectivity index (χ1n) is 6.47. The van der Waals surface area contributed by atoms with Gasteiger partial charge >= 0.3 is 0 Å². The number of ether oxygens (including phenoxy) is 1.